The van der Waals surface area contributed by atoms with Crippen LogP contribution in [-0.2, 0) is 23.2 Å². The molecule has 1 heterocycles. The third-order valence-electron chi connectivity index (χ3n) is 4.79. The lowest BCUT2D eigenvalue weighted by Crippen LogP contribution is -2.23. The first kappa shape index (κ1) is 17.7. The van der Waals surface area contributed by atoms with E-state index in [2.05, 4.69) is 10.2 Å². The number of methoxy groups -OCH3 is 1. The van der Waals surface area contributed by atoms with Crippen molar-refractivity contribution in [2.75, 3.05) is 7.11 Å². The lowest BCUT2D eigenvalue weighted by molar-refractivity contribution is -0.146. The van der Waals surface area contributed by atoms with E-state index in [-0.39, 0.29) is 11.9 Å². The normalized spacial score (nSPS) is 20.3. The van der Waals surface area contributed by atoms with Crippen molar-refractivity contribution < 1.29 is 14.3 Å². The van der Waals surface area contributed by atoms with Gasteiger partial charge < -0.3 is 14.0 Å². The van der Waals surface area contributed by atoms with E-state index in [0.29, 0.717) is 23.3 Å². The van der Waals surface area contributed by atoms with Crippen molar-refractivity contribution in [2.24, 2.45) is 13.0 Å². The highest BCUT2D eigenvalue weighted by Gasteiger charge is 2.30. The van der Waals surface area contributed by atoms with Crippen LogP contribution in [-0.4, -0.2) is 27.8 Å². The smallest absolute Gasteiger partial charge is 0.308 e. The number of hydrogen-bond donors (Lipinski definition) is 0. The topological polar surface area (TPSA) is 66.2 Å². The van der Waals surface area contributed by atoms with Crippen molar-refractivity contribution in [3.63, 3.8) is 0 Å². The molecular weight excluding hydrogens is 342 g/mol. The number of carbonyl (C=O) groups excluding carboxylic acids is 1. The summed E-state index contributed by atoms with van der Waals surface area (Å²) in [6.45, 7) is 0.335. The number of benzene rings is 1. The summed E-state index contributed by atoms with van der Waals surface area (Å²) in [5, 5.41) is 9.25. The second-order valence-electron chi connectivity index (χ2n) is 6.35. The van der Waals surface area contributed by atoms with Crippen LogP contribution in [0.2, 0.25) is 5.02 Å². The van der Waals surface area contributed by atoms with E-state index in [1.54, 1.807) is 12.1 Å². The molecule has 7 heteroatoms. The van der Waals surface area contributed by atoms with Gasteiger partial charge in [-0.2, -0.15) is 0 Å². The van der Waals surface area contributed by atoms with Crippen molar-refractivity contribution in [1.29, 1.82) is 0 Å². The summed E-state index contributed by atoms with van der Waals surface area (Å²) < 4.78 is 12.6. The Morgan fingerprint density at radius 3 is 2.72 bits per heavy atom. The average molecular weight is 364 g/mol. The van der Waals surface area contributed by atoms with E-state index in [9.17, 15) is 4.79 Å². The van der Waals surface area contributed by atoms with Gasteiger partial charge in [0.2, 0.25) is 0 Å². The van der Waals surface area contributed by atoms with Crippen LogP contribution in [0.5, 0.6) is 5.75 Å². The maximum absolute atomic E-state index is 11.6. The van der Waals surface area contributed by atoms with Crippen molar-refractivity contribution in [2.45, 2.75) is 38.2 Å². The molecule has 0 spiro atoms. The maximum atomic E-state index is 11.6. The molecular formula is C18H22ClN3O3. The van der Waals surface area contributed by atoms with Crippen molar-refractivity contribution in [3.8, 4) is 5.75 Å². The number of ether oxygens (including phenoxy) is 2. The van der Waals surface area contributed by atoms with Gasteiger partial charge in [-0.1, -0.05) is 17.7 Å². The number of nitrogens with zero attached hydrogens (tertiary/aromatic N) is 3. The number of esters is 1. The summed E-state index contributed by atoms with van der Waals surface area (Å²) in [4.78, 5) is 11.6. The SMILES string of the molecule is COC(=O)[C@H]1CC[C@H](c2nnc(COc3cccc(Cl)c3)n2C)CC1. The fraction of sp³-hybridized carbons (Fsp3) is 0.500. The van der Waals surface area contributed by atoms with E-state index in [0.717, 1.165) is 37.3 Å². The second kappa shape index (κ2) is 7.87. The highest BCUT2D eigenvalue weighted by Crippen LogP contribution is 2.35. The Hall–Kier alpha value is -2.08. The van der Waals surface area contributed by atoms with Crippen molar-refractivity contribution >= 4 is 17.6 Å². The number of aromatic nitrogens is 3. The van der Waals surface area contributed by atoms with Crippen molar-refractivity contribution in [3.05, 3.63) is 40.9 Å². The molecule has 1 saturated carbocycles. The zero-order valence-corrected chi connectivity index (χ0v) is 15.2. The molecule has 0 atom stereocenters. The van der Waals surface area contributed by atoms with E-state index in [1.807, 2.05) is 23.7 Å². The molecule has 0 radical (unpaired) electrons. The van der Waals surface area contributed by atoms with Crippen LogP contribution in [0, 0.1) is 5.92 Å². The van der Waals surface area contributed by atoms with Gasteiger partial charge in [0, 0.05) is 18.0 Å². The Labute approximate surface area is 152 Å². The van der Waals surface area contributed by atoms with Crippen LogP contribution < -0.4 is 4.74 Å². The Morgan fingerprint density at radius 1 is 1.28 bits per heavy atom. The summed E-state index contributed by atoms with van der Waals surface area (Å²) in [5.41, 5.74) is 0. The number of hydrogen-bond acceptors (Lipinski definition) is 5. The Morgan fingerprint density at radius 2 is 2.04 bits per heavy atom. The average Bonchev–Trinajstić information content (AvgIpc) is 3.00. The monoisotopic (exact) mass is 363 g/mol. The van der Waals surface area contributed by atoms with Gasteiger partial charge in [-0.05, 0) is 43.9 Å². The van der Waals surface area contributed by atoms with Gasteiger partial charge in [-0.15, -0.1) is 10.2 Å². The number of halogens is 1. The Bertz CT molecular complexity index is 739. The van der Waals surface area contributed by atoms with Crippen LogP contribution in [0.25, 0.3) is 0 Å². The van der Waals surface area contributed by atoms with E-state index < -0.39 is 0 Å². The zero-order chi connectivity index (χ0) is 17.8. The molecule has 1 aliphatic carbocycles. The summed E-state index contributed by atoms with van der Waals surface area (Å²) in [7, 11) is 3.40. The quantitative estimate of drug-likeness (QED) is 0.761. The molecule has 1 fully saturated rings. The predicted octanol–water partition coefficient (Wildman–Crippen LogP) is 3.49. The summed E-state index contributed by atoms with van der Waals surface area (Å²) >= 11 is 5.96. The molecule has 0 unspecified atom stereocenters. The third kappa shape index (κ3) is 4.12. The molecule has 2 aromatic rings. The van der Waals surface area contributed by atoms with Crippen LogP contribution in [0.1, 0.15) is 43.3 Å². The van der Waals surface area contributed by atoms with Crippen LogP contribution >= 0.6 is 11.6 Å². The molecule has 134 valence electrons. The first-order chi connectivity index (χ1) is 12.1. The highest BCUT2D eigenvalue weighted by molar-refractivity contribution is 6.30. The van der Waals surface area contributed by atoms with E-state index in [4.69, 9.17) is 21.1 Å². The molecule has 3 rings (SSSR count). The minimum absolute atomic E-state index is 0.0140. The summed E-state index contributed by atoms with van der Waals surface area (Å²) in [5.74, 6) is 2.65. The lowest BCUT2D eigenvalue weighted by Gasteiger charge is -2.26. The summed E-state index contributed by atoms with van der Waals surface area (Å²) in [6, 6.07) is 7.28. The van der Waals surface area contributed by atoms with Crippen LogP contribution in [0.15, 0.2) is 24.3 Å². The standard InChI is InChI=1S/C18H22ClN3O3/c1-22-16(11-25-15-5-3-4-14(19)10-15)20-21-17(22)12-6-8-13(9-7-12)18(23)24-2/h3-5,10,12-13H,6-9,11H2,1-2H3/t12-,13-. The first-order valence-corrected chi connectivity index (χ1v) is 8.80. The Kier molecular flexibility index (Phi) is 5.58. The number of carbonyl (C=O) groups is 1. The lowest BCUT2D eigenvalue weighted by atomic mass is 9.81. The van der Waals surface area contributed by atoms with Gasteiger partial charge >= 0.3 is 5.97 Å². The molecule has 1 aromatic heterocycles. The highest BCUT2D eigenvalue weighted by atomic mass is 35.5. The Balaban J connectivity index is 1.61. The van der Waals surface area contributed by atoms with Gasteiger partial charge in [0.05, 0.1) is 13.0 Å². The maximum Gasteiger partial charge on any atom is 0.308 e. The molecule has 1 aliphatic rings. The fourth-order valence-corrected chi connectivity index (χ4v) is 3.50. The van der Waals surface area contributed by atoms with Gasteiger partial charge in [0.25, 0.3) is 0 Å². The second-order valence-corrected chi connectivity index (χ2v) is 6.79. The van der Waals surface area contributed by atoms with E-state index >= 15 is 0 Å². The molecule has 6 nitrogen and oxygen atoms in total. The first-order valence-electron chi connectivity index (χ1n) is 8.43. The van der Waals surface area contributed by atoms with Gasteiger partial charge in [0.1, 0.15) is 18.2 Å². The number of rotatable bonds is 5. The molecule has 0 bridgehead atoms. The molecule has 1 aromatic carbocycles. The van der Waals surface area contributed by atoms with Crippen molar-refractivity contribution in [1.82, 2.24) is 14.8 Å². The third-order valence-corrected chi connectivity index (χ3v) is 5.02. The van der Waals surface area contributed by atoms with E-state index in [1.165, 1.54) is 7.11 Å². The van der Waals surface area contributed by atoms with Crippen LogP contribution in [0.4, 0.5) is 0 Å². The fourth-order valence-electron chi connectivity index (χ4n) is 3.32. The largest absolute Gasteiger partial charge is 0.486 e. The van der Waals surface area contributed by atoms with Gasteiger partial charge in [-0.25, -0.2) is 0 Å². The van der Waals surface area contributed by atoms with Gasteiger partial charge in [0.15, 0.2) is 5.82 Å². The predicted molar refractivity (Wildman–Crippen MR) is 93.5 cm³/mol. The summed E-state index contributed by atoms with van der Waals surface area (Å²) in [6.07, 6.45) is 3.50. The minimum Gasteiger partial charge on any atom is -0.486 e. The molecule has 0 N–H and O–H groups in total. The molecule has 0 amide bonds. The van der Waals surface area contributed by atoms with Gasteiger partial charge in [-0.3, -0.25) is 4.79 Å². The minimum atomic E-state index is -0.105. The zero-order valence-electron chi connectivity index (χ0n) is 14.4. The molecule has 25 heavy (non-hydrogen) atoms. The molecule has 0 saturated heterocycles. The molecule has 0 aliphatic heterocycles. The van der Waals surface area contributed by atoms with Crippen LogP contribution in [0.3, 0.4) is 0 Å².